The van der Waals surface area contributed by atoms with E-state index in [9.17, 15) is 23.1 Å². The number of hydrogen-bond donors (Lipinski definition) is 3. The van der Waals surface area contributed by atoms with E-state index >= 15 is 0 Å². The first-order valence-electron chi connectivity index (χ1n) is 8.95. The van der Waals surface area contributed by atoms with Gasteiger partial charge in [0.05, 0.1) is 15.4 Å². The van der Waals surface area contributed by atoms with E-state index in [0.29, 0.717) is 32.3 Å². The SMILES string of the molecule is Cn1c(C(=O)Nc2ccc(S(=O)(=O)NC(=O)C(C)(C)O)cc2)cc2c(Cl)cc(Cl)cc21. The number of aromatic nitrogens is 1. The van der Waals surface area contributed by atoms with Gasteiger partial charge in [-0.2, -0.15) is 0 Å². The number of carbonyl (C=O) groups is 2. The highest BCUT2D eigenvalue weighted by molar-refractivity contribution is 7.90. The molecule has 3 N–H and O–H groups in total. The third-order valence-electron chi connectivity index (χ3n) is 4.51. The smallest absolute Gasteiger partial charge is 0.272 e. The molecule has 0 radical (unpaired) electrons. The Morgan fingerprint density at radius 2 is 1.68 bits per heavy atom. The zero-order valence-corrected chi connectivity index (χ0v) is 19.1. The molecule has 11 heteroatoms. The van der Waals surface area contributed by atoms with Crippen LogP contribution >= 0.6 is 23.2 Å². The first-order valence-corrected chi connectivity index (χ1v) is 11.2. The Morgan fingerprint density at radius 1 is 1.06 bits per heavy atom. The molecule has 31 heavy (non-hydrogen) atoms. The van der Waals surface area contributed by atoms with Gasteiger partial charge in [-0.05, 0) is 56.3 Å². The quantitative estimate of drug-likeness (QED) is 0.514. The number of nitrogens with one attached hydrogen (secondary N) is 2. The summed E-state index contributed by atoms with van der Waals surface area (Å²) in [6.07, 6.45) is 0. The van der Waals surface area contributed by atoms with E-state index in [1.54, 1.807) is 34.5 Å². The Balaban J connectivity index is 1.81. The molecule has 0 aliphatic carbocycles. The zero-order valence-electron chi connectivity index (χ0n) is 16.7. The molecular formula is C20H19Cl2N3O5S. The fourth-order valence-corrected chi connectivity index (χ4v) is 4.43. The molecule has 164 valence electrons. The number of nitrogens with zero attached hydrogens (tertiary/aromatic N) is 1. The Hall–Kier alpha value is -2.59. The van der Waals surface area contributed by atoms with Crippen LogP contribution in [0.3, 0.4) is 0 Å². The second-order valence-electron chi connectivity index (χ2n) is 7.38. The van der Waals surface area contributed by atoms with E-state index in [0.717, 1.165) is 0 Å². The van der Waals surface area contributed by atoms with Crippen LogP contribution in [0, 0.1) is 0 Å². The highest BCUT2D eigenvalue weighted by Gasteiger charge is 2.28. The molecule has 0 spiro atoms. The predicted octanol–water partition coefficient (Wildman–Crippen LogP) is 3.31. The molecular weight excluding hydrogens is 465 g/mol. The molecule has 3 aromatic rings. The molecule has 0 saturated carbocycles. The van der Waals surface area contributed by atoms with E-state index < -0.39 is 27.4 Å². The zero-order chi connectivity index (χ0) is 23.1. The Bertz CT molecular complexity index is 1290. The Labute approximate surface area is 188 Å². The minimum absolute atomic E-state index is 0.200. The lowest BCUT2D eigenvalue weighted by Gasteiger charge is -2.16. The fraction of sp³-hybridized carbons (Fsp3) is 0.200. The topological polar surface area (TPSA) is 118 Å². The van der Waals surface area contributed by atoms with Crippen molar-refractivity contribution in [2.45, 2.75) is 24.3 Å². The largest absolute Gasteiger partial charge is 0.381 e. The lowest BCUT2D eigenvalue weighted by atomic mass is 10.1. The maximum Gasteiger partial charge on any atom is 0.272 e. The summed E-state index contributed by atoms with van der Waals surface area (Å²) in [6, 6.07) is 10.1. The van der Waals surface area contributed by atoms with Crippen molar-refractivity contribution in [3.05, 3.63) is 58.2 Å². The molecule has 1 heterocycles. The van der Waals surface area contributed by atoms with E-state index in [2.05, 4.69) is 5.32 Å². The second kappa shape index (κ2) is 8.16. The van der Waals surface area contributed by atoms with Crippen LogP contribution in [-0.2, 0) is 21.9 Å². The molecule has 2 aromatic carbocycles. The molecule has 3 rings (SSSR count). The van der Waals surface area contributed by atoms with Crippen LogP contribution in [0.2, 0.25) is 10.0 Å². The molecule has 0 atom stereocenters. The van der Waals surface area contributed by atoms with Crippen LogP contribution in [0.5, 0.6) is 0 Å². The second-order valence-corrected chi connectivity index (χ2v) is 9.91. The van der Waals surface area contributed by atoms with Crippen LogP contribution in [-0.4, -0.2) is 35.5 Å². The Morgan fingerprint density at radius 3 is 2.26 bits per heavy atom. The fourth-order valence-electron chi connectivity index (χ4n) is 2.79. The van der Waals surface area contributed by atoms with Crippen LogP contribution in [0.1, 0.15) is 24.3 Å². The van der Waals surface area contributed by atoms with Crippen molar-refractivity contribution >= 4 is 61.6 Å². The van der Waals surface area contributed by atoms with E-state index in [-0.39, 0.29) is 4.90 Å². The van der Waals surface area contributed by atoms with Crippen molar-refractivity contribution < 1.29 is 23.1 Å². The van der Waals surface area contributed by atoms with Crippen molar-refractivity contribution in [1.82, 2.24) is 9.29 Å². The third-order valence-corrected chi connectivity index (χ3v) is 6.39. The van der Waals surface area contributed by atoms with Gasteiger partial charge in [-0.1, -0.05) is 23.2 Å². The van der Waals surface area contributed by atoms with Crippen LogP contribution in [0.25, 0.3) is 10.9 Å². The summed E-state index contributed by atoms with van der Waals surface area (Å²) in [6.45, 7) is 2.34. The molecule has 0 bridgehead atoms. The summed E-state index contributed by atoms with van der Waals surface area (Å²) in [7, 11) is -2.48. The number of aryl methyl sites for hydroxylation is 1. The highest BCUT2D eigenvalue weighted by Crippen LogP contribution is 2.30. The number of fused-ring (bicyclic) bond motifs is 1. The summed E-state index contributed by atoms with van der Waals surface area (Å²) in [4.78, 5) is 24.3. The molecule has 0 saturated heterocycles. The first kappa shape index (κ1) is 23.1. The standard InChI is InChI=1S/C20H19Cl2N3O5S/c1-20(2,28)19(27)24-31(29,30)13-6-4-12(5-7-13)23-18(26)17-10-14-15(22)8-11(21)9-16(14)25(17)3/h4-10,28H,1-3H3,(H,23,26)(H,24,27). The van der Waals surface area contributed by atoms with E-state index in [1.165, 1.54) is 38.1 Å². The Kier molecular flexibility index (Phi) is 6.07. The van der Waals surface area contributed by atoms with Crippen LogP contribution in [0.15, 0.2) is 47.4 Å². The number of carbonyl (C=O) groups excluding carboxylic acids is 2. The summed E-state index contributed by atoms with van der Waals surface area (Å²) in [5.74, 6) is -1.49. The van der Waals surface area contributed by atoms with Gasteiger partial charge in [0.15, 0.2) is 0 Å². The summed E-state index contributed by atoms with van der Waals surface area (Å²) in [5, 5.41) is 13.8. The first-order chi connectivity index (χ1) is 14.3. The average Bonchev–Trinajstić information content (AvgIpc) is 2.98. The highest BCUT2D eigenvalue weighted by atomic mass is 35.5. The number of rotatable bonds is 5. The number of benzene rings is 2. The van der Waals surface area contributed by atoms with Crippen LogP contribution < -0.4 is 10.0 Å². The maximum atomic E-state index is 12.7. The number of aliphatic hydroxyl groups is 1. The van der Waals surface area contributed by atoms with Gasteiger partial charge in [0.1, 0.15) is 11.3 Å². The lowest BCUT2D eigenvalue weighted by Crippen LogP contribution is -2.44. The van der Waals surface area contributed by atoms with Gasteiger partial charge in [-0.25, -0.2) is 13.1 Å². The van der Waals surface area contributed by atoms with Gasteiger partial charge in [-0.3, -0.25) is 9.59 Å². The average molecular weight is 484 g/mol. The third kappa shape index (κ3) is 4.85. The van der Waals surface area contributed by atoms with Crippen molar-refractivity contribution in [3.8, 4) is 0 Å². The minimum atomic E-state index is -4.18. The maximum absolute atomic E-state index is 12.7. The molecule has 1 aromatic heterocycles. The minimum Gasteiger partial charge on any atom is -0.381 e. The van der Waals surface area contributed by atoms with E-state index in [1.807, 2.05) is 0 Å². The van der Waals surface area contributed by atoms with Crippen molar-refractivity contribution in [3.63, 3.8) is 0 Å². The summed E-state index contributed by atoms with van der Waals surface area (Å²) >= 11 is 12.2. The van der Waals surface area contributed by atoms with Gasteiger partial charge >= 0.3 is 0 Å². The molecule has 0 aliphatic heterocycles. The number of halogens is 2. The van der Waals surface area contributed by atoms with Crippen molar-refractivity contribution in [1.29, 1.82) is 0 Å². The number of sulfonamides is 1. The normalized spacial score (nSPS) is 12.1. The van der Waals surface area contributed by atoms with Crippen molar-refractivity contribution in [2.24, 2.45) is 7.05 Å². The lowest BCUT2D eigenvalue weighted by molar-refractivity contribution is -0.134. The van der Waals surface area contributed by atoms with Crippen LogP contribution in [0.4, 0.5) is 5.69 Å². The monoisotopic (exact) mass is 483 g/mol. The summed E-state index contributed by atoms with van der Waals surface area (Å²) in [5.41, 5.74) is -0.501. The van der Waals surface area contributed by atoms with Gasteiger partial charge in [0.2, 0.25) is 0 Å². The molecule has 2 amide bonds. The molecule has 0 unspecified atom stereocenters. The van der Waals surface area contributed by atoms with Gasteiger partial charge in [-0.15, -0.1) is 0 Å². The van der Waals surface area contributed by atoms with Crippen molar-refractivity contribution in [2.75, 3.05) is 5.32 Å². The van der Waals surface area contributed by atoms with Gasteiger partial charge < -0.3 is 15.0 Å². The van der Waals surface area contributed by atoms with E-state index in [4.69, 9.17) is 23.2 Å². The summed E-state index contributed by atoms with van der Waals surface area (Å²) < 4.78 is 28.0. The molecule has 8 nitrogen and oxygen atoms in total. The molecule has 0 aliphatic rings. The molecule has 0 fully saturated rings. The predicted molar refractivity (Wildman–Crippen MR) is 119 cm³/mol. The van der Waals surface area contributed by atoms with Gasteiger partial charge in [0, 0.05) is 23.1 Å². The number of hydrogen-bond acceptors (Lipinski definition) is 5. The number of amides is 2. The number of anilines is 1. The van der Waals surface area contributed by atoms with Gasteiger partial charge in [0.25, 0.3) is 21.8 Å².